The van der Waals surface area contributed by atoms with E-state index in [2.05, 4.69) is 22.8 Å². The van der Waals surface area contributed by atoms with E-state index < -0.39 is 18.0 Å². The van der Waals surface area contributed by atoms with E-state index in [9.17, 15) is 14.4 Å². The highest BCUT2D eigenvalue weighted by molar-refractivity contribution is 7.17. The Morgan fingerprint density at radius 2 is 1.83 bits per heavy atom. The summed E-state index contributed by atoms with van der Waals surface area (Å²) in [5, 5.41) is 7.42. The van der Waals surface area contributed by atoms with Crippen LogP contribution in [0.15, 0.2) is 47.6 Å². The van der Waals surface area contributed by atoms with Crippen LogP contribution in [0.5, 0.6) is 17.2 Å². The largest absolute Gasteiger partial charge is 0.497 e. The monoisotopic (exact) mass is 593 g/mol. The molecule has 0 saturated carbocycles. The number of amides is 2. The van der Waals surface area contributed by atoms with Crippen molar-refractivity contribution in [2.24, 2.45) is 11.0 Å². The standard InChI is InChI=1S/C31H35N3O7S/c1-6-40-31(37)27-24-13-7-18(2)15-26(24)42-30(27)33-29(36)20-8-10-22(11-9-20)41-19(3)28(35)34-32-17-21-16-23(38-4)12-14-25(21)39-5/h8-12,14,16-19H,6-7,13,15H2,1-5H3,(H,33,36)(H,34,35)/b32-17-/t18-,19+/m1/s1. The summed E-state index contributed by atoms with van der Waals surface area (Å²) >= 11 is 1.44. The Morgan fingerprint density at radius 1 is 1.10 bits per heavy atom. The molecule has 1 aliphatic rings. The number of benzene rings is 2. The number of hydrogen-bond acceptors (Lipinski definition) is 9. The van der Waals surface area contributed by atoms with Gasteiger partial charge in [0.15, 0.2) is 6.10 Å². The third-order valence-corrected chi connectivity index (χ3v) is 8.00. The molecule has 0 saturated heterocycles. The van der Waals surface area contributed by atoms with Gasteiger partial charge in [0, 0.05) is 16.0 Å². The van der Waals surface area contributed by atoms with Gasteiger partial charge in [-0.25, -0.2) is 10.2 Å². The van der Waals surface area contributed by atoms with Crippen LogP contribution in [-0.4, -0.2) is 50.9 Å². The molecule has 1 heterocycles. The Kier molecular flexibility index (Phi) is 10.2. The summed E-state index contributed by atoms with van der Waals surface area (Å²) in [4.78, 5) is 39.5. The fraction of sp³-hybridized carbons (Fsp3) is 0.355. The Balaban J connectivity index is 1.37. The number of hydrogen-bond donors (Lipinski definition) is 2. The molecule has 10 nitrogen and oxygen atoms in total. The summed E-state index contributed by atoms with van der Waals surface area (Å²) in [5.74, 6) is 0.899. The molecule has 2 N–H and O–H groups in total. The van der Waals surface area contributed by atoms with Crippen molar-refractivity contribution in [3.05, 3.63) is 69.6 Å². The van der Waals surface area contributed by atoms with Gasteiger partial charge in [0.25, 0.3) is 11.8 Å². The van der Waals surface area contributed by atoms with Crippen molar-refractivity contribution >= 4 is 40.3 Å². The van der Waals surface area contributed by atoms with Crippen LogP contribution in [0.25, 0.3) is 0 Å². The molecule has 0 unspecified atom stereocenters. The van der Waals surface area contributed by atoms with Crippen LogP contribution >= 0.6 is 11.3 Å². The molecule has 1 aliphatic carbocycles. The lowest BCUT2D eigenvalue weighted by Gasteiger charge is -2.18. The molecule has 2 atom stereocenters. The van der Waals surface area contributed by atoms with Crippen LogP contribution in [0.1, 0.15) is 63.9 Å². The topological polar surface area (TPSA) is 125 Å². The number of rotatable bonds is 11. The van der Waals surface area contributed by atoms with Crippen molar-refractivity contribution in [1.82, 2.24) is 5.43 Å². The second kappa shape index (κ2) is 14.0. The van der Waals surface area contributed by atoms with Crippen molar-refractivity contribution in [2.75, 3.05) is 26.1 Å². The van der Waals surface area contributed by atoms with E-state index in [4.69, 9.17) is 18.9 Å². The number of nitrogens with zero attached hydrogens (tertiary/aromatic N) is 1. The maximum Gasteiger partial charge on any atom is 0.341 e. The number of fused-ring (bicyclic) bond motifs is 1. The predicted octanol–water partition coefficient (Wildman–Crippen LogP) is 5.24. The van der Waals surface area contributed by atoms with Crippen molar-refractivity contribution in [1.29, 1.82) is 0 Å². The average Bonchev–Trinajstić information content (AvgIpc) is 3.34. The van der Waals surface area contributed by atoms with Gasteiger partial charge in [0.2, 0.25) is 0 Å². The number of esters is 1. The van der Waals surface area contributed by atoms with E-state index in [1.165, 1.54) is 17.6 Å². The summed E-state index contributed by atoms with van der Waals surface area (Å²) in [7, 11) is 3.10. The van der Waals surface area contributed by atoms with E-state index in [1.54, 1.807) is 70.5 Å². The fourth-order valence-electron chi connectivity index (χ4n) is 4.57. The van der Waals surface area contributed by atoms with Gasteiger partial charge in [-0.3, -0.25) is 9.59 Å². The van der Waals surface area contributed by atoms with Crippen molar-refractivity contribution in [3.63, 3.8) is 0 Å². The lowest BCUT2D eigenvalue weighted by Crippen LogP contribution is -2.33. The van der Waals surface area contributed by atoms with E-state index in [1.807, 2.05) is 0 Å². The molecule has 222 valence electrons. The molecule has 1 aromatic heterocycles. The van der Waals surface area contributed by atoms with Crippen molar-refractivity contribution in [3.8, 4) is 17.2 Å². The number of carbonyl (C=O) groups is 3. The van der Waals surface area contributed by atoms with Gasteiger partial charge in [-0.1, -0.05) is 6.92 Å². The number of thiophene rings is 1. The molecule has 0 spiro atoms. The van der Waals surface area contributed by atoms with Crippen LogP contribution in [0.3, 0.4) is 0 Å². The number of ether oxygens (including phenoxy) is 4. The number of carbonyl (C=O) groups excluding carboxylic acids is 3. The summed E-state index contributed by atoms with van der Waals surface area (Å²) in [6.07, 6.45) is 3.25. The van der Waals surface area contributed by atoms with Gasteiger partial charge < -0.3 is 24.3 Å². The molecule has 4 rings (SSSR count). The molecule has 42 heavy (non-hydrogen) atoms. The average molecular weight is 594 g/mol. The maximum absolute atomic E-state index is 13.1. The fourth-order valence-corrected chi connectivity index (χ4v) is 5.97. The van der Waals surface area contributed by atoms with Gasteiger partial charge in [-0.2, -0.15) is 5.10 Å². The van der Waals surface area contributed by atoms with Crippen molar-refractivity contribution < 1.29 is 33.3 Å². The molecule has 0 aliphatic heterocycles. The second-order valence-electron chi connectivity index (χ2n) is 9.86. The Morgan fingerprint density at radius 3 is 2.52 bits per heavy atom. The number of methoxy groups -OCH3 is 2. The van der Waals surface area contributed by atoms with Gasteiger partial charge in [-0.15, -0.1) is 11.3 Å². The highest BCUT2D eigenvalue weighted by Crippen LogP contribution is 2.40. The summed E-state index contributed by atoms with van der Waals surface area (Å²) in [6.45, 7) is 5.80. The molecule has 2 amide bonds. The zero-order valence-corrected chi connectivity index (χ0v) is 25.1. The zero-order valence-electron chi connectivity index (χ0n) is 24.3. The predicted molar refractivity (Wildman–Crippen MR) is 161 cm³/mol. The molecular formula is C31H35N3O7S. The molecule has 0 bridgehead atoms. The highest BCUT2D eigenvalue weighted by Gasteiger charge is 2.29. The number of nitrogens with one attached hydrogen (secondary N) is 2. The van der Waals surface area contributed by atoms with Gasteiger partial charge in [0.05, 0.1) is 32.6 Å². The van der Waals surface area contributed by atoms with Crippen LogP contribution in [-0.2, 0) is 22.4 Å². The summed E-state index contributed by atoms with van der Waals surface area (Å²) in [6, 6.07) is 11.6. The zero-order chi connectivity index (χ0) is 30.2. The SMILES string of the molecule is CCOC(=O)c1c(NC(=O)c2ccc(O[C@@H](C)C(=O)N/N=C\c3cc(OC)ccc3OC)cc2)sc2c1CC[C@@H](C)C2. The first-order chi connectivity index (χ1) is 20.2. The Labute approximate surface area is 249 Å². The minimum atomic E-state index is -0.860. The highest BCUT2D eigenvalue weighted by atomic mass is 32.1. The minimum Gasteiger partial charge on any atom is -0.497 e. The normalized spacial score (nSPS) is 14.9. The summed E-state index contributed by atoms with van der Waals surface area (Å²) in [5.41, 5.74) is 4.91. The van der Waals surface area contributed by atoms with Crippen LogP contribution in [0.2, 0.25) is 0 Å². The number of hydrazone groups is 1. The van der Waals surface area contributed by atoms with E-state index >= 15 is 0 Å². The molecular weight excluding hydrogens is 558 g/mol. The van der Waals surface area contributed by atoms with E-state index in [0.717, 1.165) is 29.7 Å². The number of anilines is 1. The van der Waals surface area contributed by atoms with Crippen molar-refractivity contribution in [2.45, 2.75) is 46.1 Å². The third-order valence-electron chi connectivity index (χ3n) is 6.83. The van der Waals surface area contributed by atoms with Gasteiger partial charge >= 0.3 is 5.97 Å². The first-order valence-electron chi connectivity index (χ1n) is 13.7. The minimum absolute atomic E-state index is 0.258. The summed E-state index contributed by atoms with van der Waals surface area (Å²) < 4.78 is 21.5. The first-order valence-corrected chi connectivity index (χ1v) is 14.5. The maximum atomic E-state index is 13.1. The van der Waals surface area contributed by atoms with Crippen LogP contribution in [0.4, 0.5) is 5.00 Å². The lowest BCUT2D eigenvalue weighted by atomic mass is 9.88. The molecule has 3 aromatic rings. The van der Waals surface area contributed by atoms with Crippen LogP contribution < -0.4 is 25.0 Å². The quantitative estimate of drug-likeness (QED) is 0.177. The van der Waals surface area contributed by atoms with Gasteiger partial charge in [-0.05, 0) is 87.1 Å². The smallest absolute Gasteiger partial charge is 0.341 e. The molecule has 11 heteroatoms. The molecule has 0 fully saturated rings. The Bertz CT molecular complexity index is 1470. The Hall–Kier alpha value is -4.38. The molecule has 2 aromatic carbocycles. The third kappa shape index (κ3) is 7.27. The van der Waals surface area contributed by atoms with Gasteiger partial charge in [0.1, 0.15) is 22.2 Å². The lowest BCUT2D eigenvalue weighted by molar-refractivity contribution is -0.127. The van der Waals surface area contributed by atoms with Crippen LogP contribution in [0, 0.1) is 5.92 Å². The first kappa shape index (κ1) is 30.6. The van der Waals surface area contributed by atoms with E-state index in [0.29, 0.717) is 44.9 Å². The second-order valence-corrected chi connectivity index (χ2v) is 11.0. The molecule has 0 radical (unpaired) electrons. The van der Waals surface area contributed by atoms with E-state index in [-0.39, 0.29) is 12.5 Å².